The fourth-order valence-electron chi connectivity index (χ4n) is 0.966. The topological polar surface area (TPSA) is 66.4 Å². The van der Waals surface area contributed by atoms with E-state index in [-0.39, 0.29) is 11.9 Å². The lowest BCUT2D eigenvalue weighted by Gasteiger charge is -2.06. The standard InChI is InChI=1S/C8H19NO3S/c1-3-7-13(11,12)9-6-4-5-8(2)10/h8-10H,3-7H2,1-2H3. The van der Waals surface area contributed by atoms with Crippen molar-refractivity contribution in [3.8, 4) is 0 Å². The van der Waals surface area contributed by atoms with Crippen LogP contribution in [-0.2, 0) is 10.0 Å². The zero-order valence-corrected chi connectivity index (χ0v) is 9.10. The van der Waals surface area contributed by atoms with E-state index in [4.69, 9.17) is 5.11 Å². The van der Waals surface area contributed by atoms with E-state index < -0.39 is 10.0 Å². The van der Waals surface area contributed by atoms with Crippen molar-refractivity contribution in [1.82, 2.24) is 4.72 Å². The summed E-state index contributed by atoms with van der Waals surface area (Å²) in [6.45, 7) is 3.95. The Labute approximate surface area is 80.4 Å². The van der Waals surface area contributed by atoms with Crippen molar-refractivity contribution in [1.29, 1.82) is 0 Å². The van der Waals surface area contributed by atoms with Gasteiger partial charge in [-0.2, -0.15) is 0 Å². The van der Waals surface area contributed by atoms with Crippen molar-refractivity contribution in [2.45, 2.75) is 39.2 Å². The van der Waals surface area contributed by atoms with Gasteiger partial charge in [0.2, 0.25) is 10.0 Å². The first-order valence-electron chi connectivity index (χ1n) is 4.63. The lowest BCUT2D eigenvalue weighted by atomic mass is 10.2. The maximum atomic E-state index is 11.1. The first-order valence-corrected chi connectivity index (χ1v) is 6.28. The summed E-state index contributed by atoms with van der Waals surface area (Å²) in [4.78, 5) is 0. The van der Waals surface area contributed by atoms with E-state index in [9.17, 15) is 8.42 Å². The average molecular weight is 209 g/mol. The molecule has 0 aromatic rings. The van der Waals surface area contributed by atoms with Gasteiger partial charge in [-0.1, -0.05) is 6.92 Å². The number of rotatable bonds is 7. The largest absolute Gasteiger partial charge is 0.393 e. The Balaban J connectivity index is 3.53. The molecule has 0 spiro atoms. The minimum atomic E-state index is -3.06. The number of nitrogens with one attached hydrogen (secondary N) is 1. The summed E-state index contributed by atoms with van der Waals surface area (Å²) in [5.74, 6) is 0.182. The van der Waals surface area contributed by atoms with Gasteiger partial charge in [0.1, 0.15) is 0 Å². The summed E-state index contributed by atoms with van der Waals surface area (Å²) in [5, 5.41) is 8.91. The van der Waals surface area contributed by atoms with E-state index in [1.165, 1.54) is 0 Å². The van der Waals surface area contributed by atoms with Gasteiger partial charge in [0.05, 0.1) is 11.9 Å². The first-order chi connectivity index (χ1) is 5.98. The van der Waals surface area contributed by atoms with Crippen molar-refractivity contribution in [3.05, 3.63) is 0 Å². The molecule has 0 fully saturated rings. The van der Waals surface area contributed by atoms with Crippen LogP contribution >= 0.6 is 0 Å². The van der Waals surface area contributed by atoms with Gasteiger partial charge in [-0.05, 0) is 26.2 Å². The highest BCUT2D eigenvalue weighted by Gasteiger charge is 2.06. The van der Waals surface area contributed by atoms with Crippen LogP contribution in [0.3, 0.4) is 0 Å². The van der Waals surface area contributed by atoms with Gasteiger partial charge in [-0.25, -0.2) is 13.1 Å². The third kappa shape index (κ3) is 8.21. The smallest absolute Gasteiger partial charge is 0.211 e. The maximum Gasteiger partial charge on any atom is 0.211 e. The van der Waals surface area contributed by atoms with Crippen molar-refractivity contribution in [2.75, 3.05) is 12.3 Å². The molecule has 80 valence electrons. The Bertz CT molecular complexity index is 211. The normalized spacial score (nSPS) is 14.4. The molecule has 0 amide bonds. The molecule has 0 aliphatic carbocycles. The Kier molecular flexibility index (Phi) is 6.28. The molecule has 0 saturated heterocycles. The van der Waals surface area contributed by atoms with Crippen molar-refractivity contribution in [2.24, 2.45) is 0 Å². The molecule has 0 rings (SSSR count). The van der Waals surface area contributed by atoms with Crippen molar-refractivity contribution >= 4 is 10.0 Å². The molecule has 1 atom stereocenters. The highest BCUT2D eigenvalue weighted by molar-refractivity contribution is 7.89. The molecular formula is C8H19NO3S. The van der Waals surface area contributed by atoms with Gasteiger partial charge in [0.15, 0.2) is 0 Å². The highest BCUT2D eigenvalue weighted by Crippen LogP contribution is 1.95. The molecule has 0 aliphatic rings. The summed E-state index contributed by atoms with van der Waals surface area (Å²) < 4.78 is 24.7. The lowest BCUT2D eigenvalue weighted by Crippen LogP contribution is -2.27. The molecule has 5 heteroatoms. The van der Waals surface area contributed by atoms with Gasteiger partial charge in [0, 0.05) is 6.54 Å². The second-order valence-corrected chi connectivity index (χ2v) is 5.13. The predicted molar refractivity (Wildman–Crippen MR) is 53.0 cm³/mol. The van der Waals surface area contributed by atoms with Crippen LogP contribution in [0.1, 0.15) is 33.1 Å². The summed E-state index contributed by atoms with van der Waals surface area (Å²) in [7, 11) is -3.06. The Morgan fingerprint density at radius 1 is 1.46 bits per heavy atom. The molecule has 0 heterocycles. The highest BCUT2D eigenvalue weighted by atomic mass is 32.2. The van der Waals surface area contributed by atoms with Crippen LogP contribution in [0.2, 0.25) is 0 Å². The molecule has 2 N–H and O–H groups in total. The minimum Gasteiger partial charge on any atom is -0.393 e. The summed E-state index contributed by atoms with van der Waals surface area (Å²) in [6, 6.07) is 0. The fourth-order valence-corrected chi connectivity index (χ4v) is 2.10. The van der Waals surface area contributed by atoms with Crippen molar-refractivity contribution in [3.63, 3.8) is 0 Å². The number of hydrogen-bond acceptors (Lipinski definition) is 3. The fraction of sp³-hybridized carbons (Fsp3) is 1.00. The second-order valence-electron chi connectivity index (χ2n) is 3.20. The monoisotopic (exact) mass is 209 g/mol. The second kappa shape index (κ2) is 6.34. The maximum absolute atomic E-state index is 11.1. The summed E-state index contributed by atoms with van der Waals surface area (Å²) in [6.07, 6.45) is 1.59. The van der Waals surface area contributed by atoms with Crippen LogP contribution in [0.15, 0.2) is 0 Å². The van der Waals surface area contributed by atoms with E-state index in [1.807, 2.05) is 6.92 Å². The Morgan fingerprint density at radius 3 is 2.54 bits per heavy atom. The molecule has 0 aromatic heterocycles. The Morgan fingerprint density at radius 2 is 2.08 bits per heavy atom. The first kappa shape index (κ1) is 12.9. The van der Waals surface area contributed by atoms with Crippen LogP contribution in [0, 0.1) is 0 Å². The predicted octanol–water partition coefficient (Wildman–Crippen LogP) is 0.477. The number of hydrogen-bond donors (Lipinski definition) is 2. The molecular weight excluding hydrogens is 190 g/mol. The lowest BCUT2D eigenvalue weighted by molar-refractivity contribution is 0.182. The zero-order chi connectivity index (χ0) is 10.3. The van der Waals surface area contributed by atoms with Crippen molar-refractivity contribution < 1.29 is 13.5 Å². The minimum absolute atomic E-state index is 0.182. The van der Waals surface area contributed by atoms with E-state index in [0.29, 0.717) is 25.8 Å². The molecule has 13 heavy (non-hydrogen) atoms. The van der Waals surface area contributed by atoms with E-state index >= 15 is 0 Å². The molecule has 0 saturated carbocycles. The van der Waals surface area contributed by atoms with Crippen LogP contribution in [-0.4, -0.2) is 31.9 Å². The molecule has 4 nitrogen and oxygen atoms in total. The van der Waals surface area contributed by atoms with Crippen LogP contribution < -0.4 is 4.72 Å². The van der Waals surface area contributed by atoms with Gasteiger partial charge in [-0.3, -0.25) is 0 Å². The summed E-state index contributed by atoms with van der Waals surface area (Å²) >= 11 is 0. The third-order valence-electron chi connectivity index (χ3n) is 1.59. The molecule has 0 bridgehead atoms. The van der Waals surface area contributed by atoms with Gasteiger partial charge in [0.25, 0.3) is 0 Å². The SMILES string of the molecule is CCCS(=O)(=O)NCCCC(C)O. The average Bonchev–Trinajstić information content (AvgIpc) is 1.98. The van der Waals surface area contributed by atoms with E-state index in [2.05, 4.69) is 4.72 Å². The molecule has 0 aliphatic heterocycles. The summed E-state index contributed by atoms with van der Waals surface area (Å²) in [5.41, 5.74) is 0. The Hall–Kier alpha value is -0.130. The van der Waals surface area contributed by atoms with Crippen LogP contribution in [0.25, 0.3) is 0 Å². The molecule has 0 aromatic carbocycles. The zero-order valence-electron chi connectivity index (χ0n) is 8.28. The molecule has 0 radical (unpaired) electrons. The number of aliphatic hydroxyl groups excluding tert-OH is 1. The van der Waals surface area contributed by atoms with Gasteiger partial charge < -0.3 is 5.11 Å². The van der Waals surface area contributed by atoms with E-state index in [0.717, 1.165) is 0 Å². The van der Waals surface area contributed by atoms with Gasteiger partial charge >= 0.3 is 0 Å². The third-order valence-corrected chi connectivity index (χ3v) is 3.18. The number of aliphatic hydroxyl groups is 1. The van der Waals surface area contributed by atoms with Crippen LogP contribution in [0.4, 0.5) is 0 Å². The number of sulfonamides is 1. The van der Waals surface area contributed by atoms with E-state index in [1.54, 1.807) is 6.92 Å². The molecule has 1 unspecified atom stereocenters. The van der Waals surface area contributed by atoms with Gasteiger partial charge in [-0.15, -0.1) is 0 Å². The van der Waals surface area contributed by atoms with Crippen LogP contribution in [0.5, 0.6) is 0 Å². The quantitative estimate of drug-likeness (QED) is 0.599.